The van der Waals surface area contributed by atoms with Crippen LogP contribution in [-0.4, -0.2) is 18.7 Å². The van der Waals surface area contributed by atoms with E-state index < -0.39 is 13.0 Å². The second-order valence-electron chi connectivity index (χ2n) is 3.14. The van der Waals surface area contributed by atoms with E-state index in [-0.39, 0.29) is 6.42 Å². The summed E-state index contributed by atoms with van der Waals surface area (Å²) in [7, 11) is 0. The van der Waals surface area contributed by atoms with Gasteiger partial charge in [0.2, 0.25) is 0 Å². The van der Waals surface area contributed by atoms with Gasteiger partial charge in [-0.05, 0) is 31.3 Å². The maximum Gasteiger partial charge on any atom is 0.522 e. The molecular formula is C9H12F3NO. The molecule has 5 heteroatoms. The van der Waals surface area contributed by atoms with E-state index >= 15 is 0 Å². The first kappa shape index (κ1) is 11.2. The van der Waals surface area contributed by atoms with Gasteiger partial charge in [0.15, 0.2) is 0 Å². The van der Waals surface area contributed by atoms with Gasteiger partial charge in [-0.2, -0.15) is 0 Å². The Hall–Kier alpha value is -0.840. The molecule has 0 saturated heterocycles. The first-order valence-electron chi connectivity index (χ1n) is 4.46. The van der Waals surface area contributed by atoms with E-state index in [4.69, 9.17) is 5.41 Å². The Kier molecular flexibility index (Phi) is 3.69. The Morgan fingerprint density at radius 3 is 2.71 bits per heavy atom. The van der Waals surface area contributed by atoms with E-state index in [0.29, 0.717) is 17.7 Å². The third kappa shape index (κ3) is 3.91. The summed E-state index contributed by atoms with van der Waals surface area (Å²) < 4.78 is 38.5. The van der Waals surface area contributed by atoms with E-state index in [0.717, 1.165) is 12.8 Å². The van der Waals surface area contributed by atoms with Crippen LogP contribution >= 0.6 is 0 Å². The summed E-state index contributed by atoms with van der Waals surface area (Å²) in [6, 6.07) is 0. The van der Waals surface area contributed by atoms with Gasteiger partial charge in [-0.3, -0.25) is 4.74 Å². The molecule has 1 N–H and O–H groups in total. The summed E-state index contributed by atoms with van der Waals surface area (Å²) in [5.41, 5.74) is 1.14. The highest BCUT2D eigenvalue weighted by atomic mass is 19.4. The minimum Gasteiger partial charge on any atom is -0.305 e. The summed E-state index contributed by atoms with van der Waals surface area (Å²) >= 11 is 0. The number of alkyl halides is 3. The van der Waals surface area contributed by atoms with Crippen LogP contribution in [0.4, 0.5) is 13.2 Å². The van der Waals surface area contributed by atoms with E-state index in [1.165, 1.54) is 0 Å². The molecule has 80 valence electrons. The number of nitrogens with one attached hydrogen (secondary N) is 1. The molecule has 1 rings (SSSR count). The molecule has 14 heavy (non-hydrogen) atoms. The second kappa shape index (κ2) is 4.59. The lowest BCUT2D eigenvalue weighted by molar-refractivity contribution is -0.324. The third-order valence-electron chi connectivity index (χ3n) is 2.05. The molecule has 0 unspecified atom stereocenters. The highest BCUT2D eigenvalue weighted by Gasteiger charge is 2.28. The molecule has 0 saturated carbocycles. The minimum atomic E-state index is -4.56. The highest BCUT2D eigenvalue weighted by molar-refractivity contribution is 5.98. The lowest BCUT2D eigenvalue weighted by Crippen LogP contribution is -2.16. The molecule has 0 aliphatic heterocycles. The van der Waals surface area contributed by atoms with Crippen molar-refractivity contribution in [1.82, 2.24) is 0 Å². The Morgan fingerprint density at radius 2 is 2.14 bits per heavy atom. The fourth-order valence-corrected chi connectivity index (χ4v) is 1.37. The zero-order valence-electron chi connectivity index (χ0n) is 7.66. The summed E-state index contributed by atoms with van der Waals surface area (Å²) in [5.74, 6) is 0. The molecule has 0 aromatic heterocycles. The third-order valence-corrected chi connectivity index (χ3v) is 2.05. The lowest BCUT2D eigenvalue weighted by atomic mass is 9.95. The lowest BCUT2D eigenvalue weighted by Gasteiger charge is -2.14. The van der Waals surface area contributed by atoms with Gasteiger partial charge in [-0.15, -0.1) is 13.2 Å². The summed E-state index contributed by atoms with van der Waals surface area (Å²) in [6.07, 6.45) is -0.120. The molecule has 0 heterocycles. The van der Waals surface area contributed by atoms with Crippen LogP contribution in [0.2, 0.25) is 0 Å². The van der Waals surface area contributed by atoms with Crippen molar-refractivity contribution in [1.29, 1.82) is 5.41 Å². The first-order valence-corrected chi connectivity index (χ1v) is 4.46. The van der Waals surface area contributed by atoms with Crippen molar-refractivity contribution in [3.8, 4) is 0 Å². The molecule has 0 fully saturated rings. The number of rotatable bonds is 3. The molecule has 0 aromatic carbocycles. The topological polar surface area (TPSA) is 33.1 Å². The fraction of sp³-hybridized carbons (Fsp3) is 0.667. The van der Waals surface area contributed by atoms with Gasteiger partial charge in [-0.25, -0.2) is 0 Å². The number of allylic oxidation sites excluding steroid dienone is 1. The van der Waals surface area contributed by atoms with Crippen LogP contribution in [0, 0.1) is 5.41 Å². The minimum absolute atomic E-state index is 0.179. The van der Waals surface area contributed by atoms with Crippen molar-refractivity contribution in [2.45, 2.75) is 32.0 Å². The fourth-order valence-electron chi connectivity index (χ4n) is 1.37. The van der Waals surface area contributed by atoms with Crippen LogP contribution in [0.25, 0.3) is 0 Å². The average Bonchev–Trinajstić information content (AvgIpc) is 2.06. The first-order chi connectivity index (χ1) is 6.49. The van der Waals surface area contributed by atoms with Crippen LogP contribution in [0.15, 0.2) is 11.6 Å². The molecule has 0 spiro atoms. The standard InChI is InChI=1S/C9H12F3NO/c10-9(11,12)14-6-5-7-3-1-2-4-8(7)13/h3,13H,1-2,4-6H2. The summed E-state index contributed by atoms with van der Waals surface area (Å²) in [4.78, 5) is 0. The van der Waals surface area contributed by atoms with Gasteiger partial charge in [0, 0.05) is 5.71 Å². The molecule has 0 aromatic rings. The van der Waals surface area contributed by atoms with Crippen molar-refractivity contribution in [3.63, 3.8) is 0 Å². The molecule has 2 nitrogen and oxygen atoms in total. The molecule has 0 bridgehead atoms. The van der Waals surface area contributed by atoms with Crippen molar-refractivity contribution < 1.29 is 17.9 Å². The van der Waals surface area contributed by atoms with Gasteiger partial charge < -0.3 is 5.41 Å². The zero-order chi connectivity index (χ0) is 10.6. The van der Waals surface area contributed by atoms with Crippen LogP contribution in [0.5, 0.6) is 0 Å². The molecule has 1 aliphatic carbocycles. The predicted octanol–water partition coefficient (Wildman–Crippen LogP) is 3.04. The van der Waals surface area contributed by atoms with Crippen LogP contribution in [0.3, 0.4) is 0 Å². The molecule has 1 aliphatic rings. The Bertz CT molecular complexity index is 245. The maximum absolute atomic E-state index is 11.6. The Labute approximate surface area is 80.3 Å². The Morgan fingerprint density at radius 1 is 1.43 bits per heavy atom. The largest absolute Gasteiger partial charge is 0.522 e. The Balaban J connectivity index is 2.31. The van der Waals surface area contributed by atoms with Crippen molar-refractivity contribution >= 4 is 5.71 Å². The number of halogens is 3. The van der Waals surface area contributed by atoms with Crippen molar-refractivity contribution in [2.75, 3.05) is 6.61 Å². The smallest absolute Gasteiger partial charge is 0.305 e. The van der Waals surface area contributed by atoms with Gasteiger partial charge in [-0.1, -0.05) is 6.08 Å². The van der Waals surface area contributed by atoms with Gasteiger partial charge in [0.1, 0.15) is 0 Å². The molecule has 0 radical (unpaired) electrons. The quantitative estimate of drug-likeness (QED) is 0.758. The zero-order valence-corrected chi connectivity index (χ0v) is 7.66. The molecule has 0 atom stereocenters. The molecular weight excluding hydrogens is 195 g/mol. The predicted molar refractivity (Wildman–Crippen MR) is 46.3 cm³/mol. The van der Waals surface area contributed by atoms with E-state index in [2.05, 4.69) is 4.74 Å². The van der Waals surface area contributed by atoms with Gasteiger partial charge in [0.25, 0.3) is 0 Å². The average molecular weight is 207 g/mol. The van der Waals surface area contributed by atoms with E-state index in [1.54, 1.807) is 0 Å². The van der Waals surface area contributed by atoms with Crippen LogP contribution < -0.4 is 0 Å². The van der Waals surface area contributed by atoms with Crippen LogP contribution in [0.1, 0.15) is 25.7 Å². The highest BCUT2D eigenvalue weighted by Crippen LogP contribution is 2.20. The number of hydrogen-bond acceptors (Lipinski definition) is 2. The summed E-state index contributed by atoms with van der Waals surface area (Å²) in [6.45, 7) is -0.391. The van der Waals surface area contributed by atoms with Crippen molar-refractivity contribution in [2.24, 2.45) is 0 Å². The monoisotopic (exact) mass is 207 g/mol. The normalized spacial score (nSPS) is 18.2. The second-order valence-corrected chi connectivity index (χ2v) is 3.14. The number of ether oxygens (including phenoxy) is 1. The number of hydrogen-bond donors (Lipinski definition) is 1. The maximum atomic E-state index is 11.6. The summed E-state index contributed by atoms with van der Waals surface area (Å²) in [5, 5.41) is 7.48. The molecule has 0 amide bonds. The van der Waals surface area contributed by atoms with E-state index in [9.17, 15) is 13.2 Å². The van der Waals surface area contributed by atoms with Crippen LogP contribution in [-0.2, 0) is 4.74 Å². The van der Waals surface area contributed by atoms with Crippen molar-refractivity contribution in [3.05, 3.63) is 11.6 Å². The van der Waals surface area contributed by atoms with Gasteiger partial charge in [0.05, 0.1) is 6.61 Å². The SMILES string of the molecule is N=C1CCCC=C1CCOC(F)(F)F. The van der Waals surface area contributed by atoms with Gasteiger partial charge >= 0.3 is 6.36 Å². The van der Waals surface area contributed by atoms with E-state index in [1.807, 2.05) is 6.08 Å².